The van der Waals surface area contributed by atoms with E-state index in [0.717, 1.165) is 24.4 Å². The van der Waals surface area contributed by atoms with Crippen molar-refractivity contribution in [3.63, 3.8) is 0 Å². The minimum atomic E-state index is 0.0709. The van der Waals surface area contributed by atoms with Crippen molar-refractivity contribution >= 4 is 11.7 Å². The number of hydrogen-bond donors (Lipinski definition) is 1. The molecular weight excluding hydrogens is 242 g/mol. The van der Waals surface area contributed by atoms with Gasteiger partial charge in [-0.25, -0.2) is 4.98 Å². The van der Waals surface area contributed by atoms with E-state index in [1.54, 1.807) is 20.2 Å². The van der Waals surface area contributed by atoms with Crippen LogP contribution in [0.3, 0.4) is 0 Å². The second-order valence-electron chi connectivity index (χ2n) is 4.85. The molecule has 1 saturated carbocycles. The van der Waals surface area contributed by atoms with Gasteiger partial charge in [0.05, 0.1) is 6.61 Å². The number of methoxy groups -OCH3 is 1. The Bertz CT molecular complexity index is 458. The number of carbonyl (C=O) groups is 1. The predicted octanol–water partition coefficient (Wildman–Crippen LogP) is 1.68. The number of aromatic nitrogens is 1. The molecule has 5 nitrogen and oxygen atoms in total. The number of carbonyl (C=O) groups excluding carboxylic acids is 1. The SMILES string of the molecule is CNc1cc(C(=O)N(CCOC)C2CC2)cc(C)n1. The van der Waals surface area contributed by atoms with Crippen molar-refractivity contribution in [2.75, 3.05) is 32.6 Å². The van der Waals surface area contributed by atoms with Crippen LogP contribution < -0.4 is 5.32 Å². The summed E-state index contributed by atoms with van der Waals surface area (Å²) in [4.78, 5) is 18.8. The van der Waals surface area contributed by atoms with Gasteiger partial charge in [0.1, 0.15) is 5.82 Å². The van der Waals surface area contributed by atoms with Crippen molar-refractivity contribution in [3.05, 3.63) is 23.4 Å². The number of rotatable bonds is 6. The van der Waals surface area contributed by atoms with E-state index in [4.69, 9.17) is 4.74 Å². The largest absolute Gasteiger partial charge is 0.383 e. The number of aryl methyl sites for hydroxylation is 1. The van der Waals surface area contributed by atoms with Gasteiger partial charge in [0.25, 0.3) is 5.91 Å². The smallest absolute Gasteiger partial charge is 0.254 e. The maximum Gasteiger partial charge on any atom is 0.254 e. The molecule has 0 bridgehead atoms. The van der Waals surface area contributed by atoms with Gasteiger partial charge >= 0.3 is 0 Å². The zero-order chi connectivity index (χ0) is 13.8. The Kier molecular flexibility index (Phi) is 4.37. The lowest BCUT2D eigenvalue weighted by atomic mass is 10.2. The normalized spacial score (nSPS) is 14.3. The zero-order valence-electron chi connectivity index (χ0n) is 11.8. The summed E-state index contributed by atoms with van der Waals surface area (Å²) in [5.74, 6) is 0.799. The molecule has 0 saturated heterocycles. The van der Waals surface area contributed by atoms with Crippen molar-refractivity contribution in [1.82, 2.24) is 9.88 Å². The lowest BCUT2D eigenvalue weighted by Gasteiger charge is -2.22. The molecule has 1 fully saturated rings. The fourth-order valence-corrected chi connectivity index (χ4v) is 2.11. The van der Waals surface area contributed by atoms with Crippen LogP contribution in [0.2, 0.25) is 0 Å². The highest BCUT2D eigenvalue weighted by Crippen LogP contribution is 2.28. The summed E-state index contributed by atoms with van der Waals surface area (Å²) in [7, 11) is 3.46. The number of nitrogens with zero attached hydrogens (tertiary/aromatic N) is 2. The summed E-state index contributed by atoms with van der Waals surface area (Å²) in [6, 6.07) is 4.03. The molecule has 1 N–H and O–H groups in total. The molecule has 0 unspecified atom stereocenters. The van der Waals surface area contributed by atoms with E-state index in [-0.39, 0.29) is 5.91 Å². The van der Waals surface area contributed by atoms with Gasteiger partial charge in [-0.1, -0.05) is 0 Å². The quantitative estimate of drug-likeness (QED) is 0.848. The van der Waals surface area contributed by atoms with E-state index in [1.165, 1.54) is 0 Å². The average molecular weight is 263 g/mol. The number of pyridine rings is 1. The Balaban J connectivity index is 2.18. The second kappa shape index (κ2) is 6.02. The molecule has 0 spiro atoms. The molecule has 104 valence electrons. The number of anilines is 1. The second-order valence-corrected chi connectivity index (χ2v) is 4.85. The summed E-state index contributed by atoms with van der Waals surface area (Å²) >= 11 is 0. The first-order valence-electron chi connectivity index (χ1n) is 6.62. The molecule has 0 radical (unpaired) electrons. The Labute approximate surface area is 114 Å². The lowest BCUT2D eigenvalue weighted by molar-refractivity contribution is 0.0680. The summed E-state index contributed by atoms with van der Waals surface area (Å²) in [5, 5.41) is 2.98. The van der Waals surface area contributed by atoms with E-state index >= 15 is 0 Å². The summed E-state index contributed by atoms with van der Waals surface area (Å²) < 4.78 is 5.09. The topological polar surface area (TPSA) is 54.5 Å². The minimum Gasteiger partial charge on any atom is -0.383 e. The zero-order valence-corrected chi connectivity index (χ0v) is 11.8. The molecule has 1 aromatic rings. The first kappa shape index (κ1) is 13.8. The molecule has 1 aromatic heterocycles. The van der Waals surface area contributed by atoms with Crippen molar-refractivity contribution < 1.29 is 9.53 Å². The van der Waals surface area contributed by atoms with E-state index in [0.29, 0.717) is 24.8 Å². The molecule has 0 aromatic carbocycles. The third-order valence-corrected chi connectivity index (χ3v) is 3.24. The van der Waals surface area contributed by atoms with E-state index < -0.39 is 0 Å². The summed E-state index contributed by atoms with van der Waals surface area (Å²) in [6.45, 7) is 3.12. The van der Waals surface area contributed by atoms with Crippen molar-refractivity contribution in [1.29, 1.82) is 0 Å². The number of hydrogen-bond acceptors (Lipinski definition) is 4. The maximum atomic E-state index is 12.6. The van der Waals surface area contributed by atoms with Crippen LogP contribution >= 0.6 is 0 Å². The average Bonchev–Trinajstić information content (AvgIpc) is 3.22. The van der Waals surface area contributed by atoms with Gasteiger partial charge in [0.15, 0.2) is 0 Å². The van der Waals surface area contributed by atoms with E-state index in [9.17, 15) is 4.79 Å². The first-order chi connectivity index (χ1) is 9.15. The molecule has 19 heavy (non-hydrogen) atoms. The van der Waals surface area contributed by atoms with Gasteiger partial charge in [-0.05, 0) is 31.9 Å². The third kappa shape index (κ3) is 3.44. The van der Waals surface area contributed by atoms with Crippen LogP contribution in [-0.2, 0) is 4.74 Å². The van der Waals surface area contributed by atoms with Crippen LogP contribution in [0.5, 0.6) is 0 Å². The summed E-state index contributed by atoms with van der Waals surface area (Å²) in [5.41, 5.74) is 1.54. The van der Waals surface area contributed by atoms with Crippen molar-refractivity contribution in [2.45, 2.75) is 25.8 Å². The van der Waals surface area contributed by atoms with E-state index in [1.807, 2.05) is 17.9 Å². The van der Waals surface area contributed by atoms with Crippen LogP contribution in [0.15, 0.2) is 12.1 Å². The minimum absolute atomic E-state index is 0.0709. The van der Waals surface area contributed by atoms with E-state index in [2.05, 4.69) is 10.3 Å². The van der Waals surface area contributed by atoms with Gasteiger partial charge in [-0.15, -0.1) is 0 Å². The molecule has 1 amide bonds. The molecule has 5 heteroatoms. The van der Waals surface area contributed by atoms with Gasteiger partial charge < -0.3 is 15.0 Å². The number of ether oxygens (including phenoxy) is 1. The molecule has 1 aliphatic carbocycles. The third-order valence-electron chi connectivity index (χ3n) is 3.24. The fourth-order valence-electron chi connectivity index (χ4n) is 2.11. The Morgan fingerprint density at radius 2 is 2.26 bits per heavy atom. The monoisotopic (exact) mass is 263 g/mol. The Morgan fingerprint density at radius 1 is 1.53 bits per heavy atom. The molecular formula is C14H21N3O2. The van der Waals surface area contributed by atoms with Gasteiger partial charge in [-0.2, -0.15) is 0 Å². The fraction of sp³-hybridized carbons (Fsp3) is 0.571. The van der Waals surface area contributed by atoms with Crippen LogP contribution in [0.4, 0.5) is 5.82 Å². The van der Waals surface area contributed by atoms with Crippen LogP contribution in [0.25, 0.3) is 0 Å². The Hall–Kier alpha value is -1.62. The van der Waals surface area contributed by atoms with Crippen molar-refractivity contribution in [3.8, 4) is 0 Å². The molecule has 2 rings (SSSR count). The Morgan fingerprint density at radius 3 is 2.84 bits per heavy atom. The summed E-state index contributed by atoms with van der Waals surface area (Å²) in [6.07, 6.45) is 2.19. The molecule has 0 aliphatic heterocycles. The van der Waals surface area contributed by atoms with Crippen molar-refractivity contribution in [2.24, 2.45) is 0 Å². The predicted molar refractivity (Wildman–Crippen MR) is 74.5 cm³/mol. The highest BCUT2D eigenvalue weighted by atomic mass is 16.5. The molecule has 1 heterocycles. The van der Waals surface area contributed by atoms with Crippen LogP contribution in [0.1, 0.15) is 28.9 Å². The van der Waals surface area contributed by atoms with Gasteiger partial charge in [-0.3, -0.25) is 4.79 Å². The lowest BCUT2D eigenvalue weighted by Crippen LogP contribution is -2.36. The standard InChI is InChI=1S/C14H21N3O2/c1-10-8-11(9-13(15-2)16-10)14(18)17(6-7-19-3)12-4-5-12/h8-9,12H,4-7H2,1-3H3,(H,15,16). The van der Waals surface area contributed by atoms with Crippen LogP contribution in [-0.4, -0.2) is 49.1 Å². The maximum absolute atomic E-state index is 12.6. The highest BCUT2D eigenvalue weighted by molar-refractivity contribution is 5.95. The van der Waals surface area contributed by atoms with Crippen LogP contribution in [0, 0.1) is 6.92 Å². The number of amides is 1. The number of nitrogens with one attached hydrogen (secondary N) is 1. The molecule has 1 aliphatic rings. The van der Waals surface area contributed by atoms with Gasteiger partial charge in [0, 0.05) is 38.0 Å². The highest BCUT2D eigenvalue weighted by Gasteiger charge is 2.32. The first-order valence-corrected chi connectivity index (χ1v) is 6.62. The van der Waals surface area contributed by atoms with Gasteiger partial charge in [0.2, 0.25) is 0 Å². The molecule has 0 atom stereocenters.